The van der Waals surface area contributed by atoms with Crippen LogP contribution in [0, 0.1) is 10.1 Å². The Kier molecular flexibility index (Phi) is 6.40. The van der Waals surface area contributed by atoms with E-state index < -0.39 is 26.2 Å². The highest BCUT2D eigenvalue weighted by atomic mass is 32.2. The van der Waals surface area contributed by atoms with Crippen LogP contribution in [0.25, 0.3) is 0 Å². The Balaban J connectivity index is 1.69. The maximum absolute atomic E-state index is 12.8. The number of sulfonamides is 1. The number of nitro benzene ring substituents is 1. The lowest BCUT2D eigenvalue weighted by molar-refractivity contribution is -0.385. The minimum atomic E-state index is -3.67. The molecule has 3 rings (SSSR count). The second kappa shape index (κ2) is 8.59. The van der Waals surface area contributed by atoms with Gasteiger partial charge in [0.05, 0.1) is 30.8 Å². The smallest absolute Gasteiger partial charge is 0.269 e. The van der Waals surface area contributed by atoms with E-state index in [4.69, 9.17) is 9.57 Å². The number of nitro groups is 1. The lowest BCUT2D eigenvalue weighted by atomic mass is 10.0. The molecule has 2 aliphatic rings. The molecule has 27 heavy (non-hydrogen) atoms. The van der Waals surface area contributed by atoms with Gasteiger partial charge in [-0.15, -0.1) is 0 Å². The third kappa shape index (κ3) is 4.81. The third-order valence-electron chi connectivity index (χ3n) is 4.84. The molecule has 150 valence electrons. The van der Waals surface area contributed by atoms with Crippen molar-refractivity contribution in [3.8, 4) is 0 Å². The van der Waals surface area contributed by atoms with E-state index in [0.717, 1.165) is 13.1 Å². The Bertz CT molecular complexity index is 768. The molecule has 2 aliphatic heterocycles. The number of rotatable bonds is 7. The Morgan fingerprint density at radius 2 is 2.07 bits per heavy atom. The van der Waals surface area contributed by atoms with Gasteiger partial charge in [0.2, 0.25) is 10.0 Å². The minimum Gasteiger partial charge on any atom is -0.379 e. The van der Waals surface area contributed by atoms with E-state index in [1.807, 2.05) is 0 Å². The highest BCUT2D eigenvalue weighted by Crippen LogP contribution is 2.34. The molecule has 1 aromatic carbocycles. The van der Waals surface area contributed by atoms with Crippen molar-refractivity contribution < 1.29 is 22.9 Å². The van der Waals surface area contributed by atoms with Crippen LogP contribution in [0.1, 0.15) is 11.6 Å². The van der Waals surface area contributed by atoms with Gasteiger partial charge in [0.15, 0.2) is 0 Å². The van der Waals surface area contributed by atoms with Crippen LogP contribution in [0.15, 0.2) is 24.3 Å². The third-order valence-corrected chi connectivity index (χ3v) is 6.64. The zero-order valence-corrected chi connectivity index (χ0v) is 15.9. The Hall–Kier alpha value is -1.63. The summed E-state index contributed by atoms with van der Waals surface area (Å²) in [5, 5.41) is 11.6. The zero-order valence-electron chi connectivity index (χ0n) is 15.1. The summed E-state index contributed by atoms with van der Waals surface area (Å²) in [5.74, 6) is 0. The van der Waals surface area contributed by atoms with Crippen molar-refractivity contribution in [2.24, 2.45) is 0 Å². The first kappa shape index (κ1) is 20.1. The predicted octanol–water partition coefficient (Wildman–Crippen LogP) is 0.133. The molecular formula is C16H24N4O6S. The van der Waals surface area contributed by atoms with E-state index in [1.54, 1.807) is 19.2 Å². The number of ether oxygens (including phenoxy) is 1. The SMILES string of the molecule is CN1OCC(S(=O)(=O)NCCN2CCOCC2)C1c1cccc([N+](=O)[O-])c1. The van der Waals surface area contributed by atoms with E-state index in [0.29, 0.717) is 31.9 Å². The van der Waals surface area contributed by atoms with Crippen LogP contribution in [0.3, 0.4) is 0 Å². The van der Waals surface area contributed by atoms with Gasteiger partial charge < -0.3 is 4.74 Å². The molecule has 2 saturated heterocycles. The van der Waals surface area contributed by atoms with Gasteiger partial charge in [-0.25, -0.2) is 13.1 Å². The van der Waals surface area contributed by atoms with Crippen molar-refractivity contribution >= 4 is 15.7 Å². The zero-order chi connectivity index (χ0) is 19.4. The van der Waals surface area contributed by atoms with Crippen molar-refractivity contribution in [2.75, 3.05) is 53.0 Å². The van der Waals surface area contributed by atoms with E-state index in [-0.39, 0.29) is 12.3 Å². The molecule has 1 aromatic rings. The van der Waals surface area contributed by atoms with E-state index >= 15 is 0 Å². The highest BCUT2D eigenvalue weighted by molar-refractivity contribution is 7.90. The lowest BCUT2D eigenvalue weighted by Crippen LogP contribution is -2.44. The molecule has 2 heterocycles. The quantitative estimate of drug-likeness (QED) is 0.508. The van der Waals surface area contributed by atoms with Crippen LogP contribution in [0.2, 0.25) is 0 Å². The molecule has 2 unspecified atom stereocenters. The number of hydrogen-bond donors (Lipinski definition) is 1. The van der Waals surface area contributed by atoms with Gasteiger partial charge >= 0.3 is 0 Å². The number of nitrogens with one attached hydrogen (secondary N) is 1. The number of benzene rings is 1. The fraction of sp³-hybridized carbons (Fsp3) is 0.625. The molecule has 0 amide bonds. The fourth-order valence-electron chi connectivity index (χ4n) is 3.38. The number of non-ortho nitro benzene ring substituents is 1. The lowest BCUT2D eigenvalue weighted by Gasteiger charge is -2.27. The summed E-state index contributed by atoms with van der Waals surface area (Å²) in [6, 6.07) is 5.38. The second-order valence-corrected chi connectivity index (χ2v) is 8.55. The normalized spacial score (nSPS) is 24.9. The highest BCUT2D eigenvalue weighted by Gasteiger charge is 2.43. The summed E-state index contributed by atoms with van der Waals surface area (Å²) < 4.78 is 33.6. The topological polar surface area (TPSA) is 114 Å². The van der Waals surface area contributed by atoms with Crippen molar-refractivity contribution in [3.05, 3.63) is 39.9 Å². The molecule has 10 nitrogen and oxygen atoms in total. The van der Waals surface area contributed by atoms with Gasteiger partial charge in [0, 0.05) is 45.4 Å². The molecule has 2 fully saturated rings. The average Bonchev–Trinajstić information content (AvgIpc) is 3.05. The number of nitrogens with zero attached hydrogens (tertiary/aromatic N) is 3. The first-order valence-electron chi connectivity index (χ1n) is 8.77. The number of hydrogen-bond acceptors (Lipinski definition) is 8. The molecule has 0 aromatic heterocycles. The first-order chi connectivity index (χ1) is 12.9. The van der Waals surface area contributed by atoms with Gasteiger partial charge in [-0.2, -0.15) is 5.06 Å². The van der Waals surface area contributed by atoms with Crippen LogP contribution >= 0.6 is 0 Å². The van der Waals surface area contributed by atoms with E-state index in [9.17, 15) is 18.5 Å². The minimum absolute atomic E-state index is 0.00323. The van der Waals surface area contributed by atoms with Crippen molar-refractivity contribution in [1.29, 1.82) is 0 Å². The summed E-state index contributed by atoms with van der Waals surface area (Å²) in [4.78, 5) is 18.1. The maximum Gasteiger partial charge on any atom is 0.269 e. The molecule has 11 heteroatoms. The summed E-state index contributed by atoms with van der Waals surface area (Å²) in [6.45, 7) is 3.78. The first-order valence-corrected chi connectivity index (χ1v) is 10.3. The molecule has 0 aliphatic carbocycles. The van der Waals surface area contributed by atoms with Gasteiger partial charge in [-0.3, -0.25) is 19.9 Å². The van der Waals surface area contributed by atoms with Crippen LogP contribution in [-0.4, -0.2) is 81.6 Å². The Morgan fingerprint density at radius 1 is 1.33 bits per heavy atom. The molecule has 0 spiro atoms. The van der Waals surface area contributed by atoms with Gasteiger partial charge in [-0.05, 0) is 5.56 Å². The molecule has 0 radical (unpaired) electrons. The Morgan fingerprint density at radius 3 is 2.78 bits per heavy atom. The number of morpholine rings is 1. The monoisotopic (exact) mass is 400 g/mol. The summed E-state index contributed by atoms with van der Waals surface area (Å²) in [5.41, 5.74) is 0.456. The van der Waals surface area contributed by atoms with Gasteiger partial charge in [-0.1, -0.05) is 12.1 Å². The van der Waals surface area contributed by atoms with Crippen LogP contribution in [-0.2, 0) is 19.6 Å². The van der Waals surface area contributed by atoms with Crippen molar-refractivity contribution in [3.63, 3.8) is 0 Å². The molecular weight excluding hydrogens is 376 g/mol. The second-order valence-electron chi connectivity index (χ2n) is 6.57. The van der Waals surface area contributed by atoms with Crippen LogP contribution in [0.4, 0.5) is 5.69 Å². The summed E-state index contributed by atoms with van der Waals surface area (Å²) in [6.07, 6.45) is 0. The van der Waals surface area contributed by atoms with Crippen molar-refractivity contribution in [1.82, 2.24) is 14.7 Å². The van der Waals surface area contributed by atoms with Gasteiger partial charge in [0.25, 0.3) is 5.69 Å². The average molecular weight is 400 g/mol. The molecule has 1 N–H and O–H groups in total. The van der Waals surface area contributed by atoms with Gasteiger partial charge in [0.1, 0.15) is 5.25 Å². The largest absolute Gasteiger partial charge is 0.379 e. The van der Waals surface area contributed by atoms with E-state index in [2.05, 4.69) is 9.62 Å². The molecule has 2 atom stereocenters. The summed E-state index contributed by atoms with van der Waals surface area (Å²) in [7, 11) is -2.04. The predicted molar refractivity (Wildman–Crippen MR) is 97.5 cm³/mol. The number of hydroxylamine groups is 2. The maximum atomic E-state index is 12.8. The van der Waals surface area contributed by atoms with Crippen molar-refractivity contribution in [2.45, 2.75) is 11.3 Å². The standard InChI is InChI=1S/C16H24N4O6S/c1-18-16(13-3-2-4-14(11-13)20(21)22)15(12-26-18)27(23,24)17-5-6-19-7-9-25-10-8-19/h2-4,11,15-17H,5-10,12H2,1H3. The Labute approximate surface area is 158 Å². The summed E-state index contributed by atoms with van der Waals surface area (Å²) >= 11 is 0. The fourth-order valence-corrected chi connectivity index (χ4v) is 4.88. The van der Waals surface area contributed by atoms with Crippen LogP contribution in [0.5, 0.6) is 0 Å². The molecule has 0 bridgehead atoms. The molecule has 0 saturated carbocycles. The van der Waals surface area contributed by atoms with E-state index in [1.165, 1.54) is 17.2 Å². The van der Waals surface area contributed by atoms with Crippen LogP contribution < -0.4 is 4.72 Å².